The molecule has 5 heteroatoms. The molecule has 0 bridgehead atoms. The van der Waals surface area contributed by atoms with Crippen molar-refractivity contribution in [3.05, 3.63) is 28.2 Å². The summed E-state index contributed by atoms with van der Waals surface area (Å²) >= 11 is 3.42. The summed E-state index contributed by atoms with van der Waals surface area (Å²) in [6.45, 7) is 3.51. The van der Waals surface area contributed by atoms with E-state index in [0.29, 0.717) is 13.0 Å². The van der Waals surface area contributed by atoms with E-state index in [1.807, 2.05) is 18.2 Å². The van der Waals surface area contributed by atoms with Gasteiger partial charge in [0, 0.05) is 18.1 Å². The number of hydrogen-bond acceptors (Lipinski definition) is 3. The van der Waals surface area contributed by atoms with Crippen LogP contribution >= 0.6 is 15.9 Å². The highest BCUT2D eigenvalue weighted by atomic mass is 79.9. The van der Waals surface area contributed by atoms with E-state index in [1.54, 1.807) is 14.2 Å². The number of methoxy groups -OCH3 is 1. The normalized spacial score (nSPS) is 11.3. The summed E-state index contributed by atoms with van der Waals surface area (Å²) in [7, 11) is 3.31. The van der Waals surface area contributed by atoms with E-state index in [0.717, 1.165) is 15.8 Å². The molecular formula is C14H20BrNO3. The van der Waals surface area contributed by atoms with Gasteiger partial charge in [-0.1, -0.05) is 15.9 Å². The van der Waals surface area contributed by atoms with Crippen molar-refractivity contribution in [3.63, 3.8) is 0 Å². The molecule has 19 heavy (non-hydrogen) atoms. The molecule has 0 aromatic heterocycles. The van der Waals surface area contributed by atoms with Crippen LogP contribution in [0.15, 0.2) is 22.7 Å². The van der Waals surface area contributed by atoms with Crippen molar-refractivity contribution in [2.45, 2.75) is 25.9 Å². The Balaban J connectivity index is 2.72. The van der Waals surface area contributed by atoms with Crippen LogP contribution in [0, 0.1) is 0 Å². The molecule has 0 saturated heterocycles. The Morgan fingerprint density at radius 1 is 1.47 bits per heavy atom. The van der Waals surface area contributed by atoms with Crippen molar-refractivity contribution in [1.29, 1.82) is 0 Å². The molecule has 1 aromatic rings. The second-order valence-electron chi connectivity index (χ2n) is 4.99. The van der Waals surface area contributed by atoms with Gasteiger partial charge in [0.2, 0.25) is 0 Å². The van der Waals surface area contributed by atoms with E-state index in [4.69, 9.17) is 4.74 Å². The van der Waals surface area contributed by atoms with Gasteiger partial charge in [-0.15, -0.1) is 0 Å². The molecule has 0 saturated carbocycles. The lowest BCUT2D eigenvalue weighted by Gasteiger charge is -2.25. The van der Waals surface area contributed by atoms with Crippen LogP contribution in [-0.4, -0.2) is 42.2 Å². The maximum atomic E-state index is 11.8. The predicted octanol–water partition coefficient (Wildman–Crippen LogP) is 2.23. The fourth-order valence-corrected chi connectivity index (χ4v) is 2.21. The molecule has 1 aromatic carbocycles. The standard InChI is InChI=1S/C14H20BrNO3/c1-14(2,18)13(17)16(3)8-7-10-9-11(15)5-6-12(10)19-4/h5-6,9,18H,7-8H2,1-4H3. The van der Waals surface area contributed by atoms with Crippen LogP contribution in [0.4, 0.5) is 0 Å². The molecule has 0 unspecified atom stereocenters. The summed E-state index contributed by atoms with van der Waals surface area (Å²) < 4.78 is 6.26. The molecule has 1 amide bonds. The Hall–Kier alpha value is -1.07. The van der Waals surface area contributed by atoms with Gasteiger partial charge in [-0.2, -0.15) is 0 Å². The van der Waals surface area contributed by atoms with Gasteiger partial charge in [0.05, 0.1) is 7.11 Å². The van der Waals surface area contributed by atoms with Crippen molar-refractivity contribution in [1.82, 2.24) is 4.90 Å². The highest BCUT2D eigenvalue weighted by molar-refractivity contribution is 9.10. The van der Waals surface area contributed by atoms with Gasteiger partial charge in [0.25, 0.3) is 5.91 Å². The lowest BCUT2D eigenvalue weighted by Crippen LogP contribution is -2.43. The number of carbonyl (C=O) groups is 1. The van der Waals surface area contributed by atoms with E-state index >= 15 is 0 Å². The average Bonchev–Trinajstić information content (AvgIpc) is 2.34. The van der Waals surface area contributed by atoms with Crippen molar-refractivity contribution in [3.8, 4) is 5.75 Å². The number of rotatable bonds is 5. The molecule has 0 spiro atoms. The second kappa shape index (κ2) is 6.39. The Labute approximate surface area is 122 Å². The van der Waals surface area contributed by atoms with E-state index in [9.17, 15) is 9.90 Å². The number of likely N-dealkylation sites (N-methyl/N-ethyl adjacent to an activating group) is 1. The summed E-state index contributed by atoms with van der Waals surface area (Å²) in [5.41, 5.74) is -0.317. The molecule has 0 fully saturated rings. The number of aliphatic hydroxyl groups is 1. The van der Waals surface area contributed by atoms with Gasteiger partial charge < -0.3 is 14.7 Å². The van der Waals surface area contributed by atoms with Crippen LogP contribution in [0.2, 0.25) is 0 Å². The van der Waals surface area contributed by atoms with Gasteiger partial charge in [-0.05, 0) is 44.0 Å². The van der Waals surface area contributed by atoms with Gasteiger partial charge in [-0.25, -0.2) is 0 Å². The van der Waals surface area contributed by atoms with Crippen LogP contribution in [0.25, 0.3) is 0 Å². The number of halogens is 1. The Morgan fingerprint density at radius 2 is 2.11 bits per heavy atom. The predicted molar refractivity (Wildman–Crippen MR) is 78.3 cm³/mol. The zero-order chi connectivity index (χ0) is 14.6. The largest absolute Gasteiger partial charge is 0.496 e. The average molecular weight is 330 g/mol. The van der Waals surface area contributed by atoms with Crippen LogP contribution in [0.3, 0.4) is 0 Å². The SMILES string of the molecule is COc1ccc(Br)cc1CCN(C)C(=O)C(C)(C)O. The van der Waals surface area contributed by atoms with E-state index in [2.05, 4.69) is 15.9 Å². The summed E-state index contributed by atoms with van der Waals surface area (Å²) in [6, 6.07) is 5.77. The monoisotopic (exact) mass is 329 g/mol. The van der Waals surface area contributed by atoms with Crippen LogP contribution in [-0.2, 0) is 11.2 Å². The summed E-state index contributed by atoms with van der Waals surface area (Å²) in [5, 5.41) is 9.68. The summed E-state index contributed by atoms with van der Waals surface area (Å²) in [4.78, 5) is 13.4. The summed E-state index contributed by atoms with van der Waals surface area (Å²) in [5.74, 6) is 0.508. The molecule has 0 aliphatic rings. The second-order valence-corrected chi connectivity index (χ2v) is 5.91. The zero-order valence-electron chi connectivity index (χ0n) is 11.7. The molecule has 0 aliphatic carbocycles. The molecule has 106 valence electrons. The number of amides is 1. The maximum Gasteiger partial charge on any atom is 0.253 e. The minimum atomic E-state index is -1.34. The first-order valence-corrected chi connectivity index (χ1v) is 6.85. The van der Waals surface area contributed by atoms with Crippen molar-refractivity contribution < 1.29 is 14.6 Å². The van der Waals surface area contributed by atoms with Crippen molar-refractivity contribution >= 4 is 21.8 Å². The molecule has 0 radical (unpaired) electrons. The minimum Gasteiger partial charge on any atom is -0.496 e. The summed E-state index contributed by atoms with van der Waals surface area (Å²) in [6.07, 6.45) is 0.668. The van der Waals surface area contributed by atoms with Crippen molar-refractivity contribution in [2.75, 3.05) is 20.7 Å². The number of hydrogen-bond donors (Lipinski definition) is 1. The number of carbonyl (C=O) groups excluding carboxylic acids is 1. The third kappa shape index (κ3) is 4.51. The van der Waals surface area contributed by atoms with Gasteiger partial charge in [0.15, 0.2) is 0 Å². The van der Waals surface area contributed by atoms with E-state index in [-0.39, 0.29) is 5.91 Å². The Morgan fingerprint density at radius 3 is 2.63 bits per heavy atom. The highest BCUT2D eigenvalue weighted by Gasteiger charge is 2.27. The molecule has 0 heterocycles. The lowest BCUT2D eigenvalue weighted by atomic mass is 10.1. The van der Waals surface area contributed by atoms with Crippen LogP contribution in [0.5, 0.6) is 5.75 Å². The number of ether oxygens (including phenoxy) is 1. The molecule has 0 atom stereocenters. The van der Waals surface area contributed by atoms with Crippen molar-refractivity contribution in [2.24, 2.45) is 0 Å². The molecule has 0 aliphatic heterocycles. The van der Waals surface area contributed by atoms with E-state index in [1.165, 1.54) is 18.7 Å². The smallest absolute Gasteiger partial charge is 0.253 e. The van der Waals surface area contributed by atoms with Crippen LogP contribution < -0.4 is 4.74 Å². The third-order valence-electron chi connectivity index (χ3n) is 2.83. The van der Waals surface area contributed by atoms with Gasteiger partial charge >= 0.3 is 0 Å². The lowest BCUT2D eigenvalue weighted by molar-refractivity contribution is -0.146. The number of benzene rings is 1. The fourth-order valence-electron chi connectivity index (χ4n) is 1.80. The zero-order valence-corrected chi connectivity index (χ0v) is 13.3. The third-order valence-corrected chi connectivity index (χ3v) is 3.32. The maximum absolute atomic E-state index is 11.8. The minimum absolute atomic E-state index is 0.290. The van der Waals surface area contributed by atoms with Crippen LogP contribution in [0.1, 0.15) is 19.4 Å². The topological polar surface area (TPSA) is 49.8 Å². The molecule has 1 rings (SSSR count). The molecule has 4 nitrogen and oxygen atoms in total. The fraction of sp³-hybridized carbons (Fsp3) is 0.500. The highest BCUT2D eigenvalue weighted by Crippen LogP contribution is 2.23. The van der Waals surface area contributed by atoms with E-state index < -0.39 is 5.60 Å². The molecule has 1 N–H and O–H groups in total. The first-order valence-electron chi connectivity index (χ1n) is 6.06. The molecular weight excluding hydrogens is 310 g/mol. The van der Waals surface area contributed by atoms with Gasteiger partial charge in [0.1, 0.15) is 11.4 Å². The Bertz CT molecular complexity index is 454. The van der Waals surface area contributed by atoms with Gasteiger partial charge in [-0.3, -0.25) is 4.79 Å². The quantitative estimate of drug-likeness (QED) is 0.901. The first kappa shape index (κ1) is 16.0. The Kier molecular flexibility index (Phi) is 5.38. The first-order chi connectivity index (χ1) is 8.75. The number of nitrogens with zero attached hydrogens (tertiary/aromatic N) is 1.